The lowest BCUT2D eigenvalue weighted by atomic mass is 10.1. The largest absolute Gasteiger partial charge is 0.356 e. The maximum absolute atomic E-state index is 11.8. The van der Waals surface area contributed by atoms with Gasteiger partial charge < -0.3 is 15.5 Å². The molecule has 1 aromatic rings. The van der Waals surface area contributed by atoms with Crippen LogP contribution in [0.3, 0.4) is 0 Å². The SMILES string of the molecule is CCC(CCNC(=NC)NCc1cccs1)N1CCCC1=O. The van der Waals surface area contributed by atoms with Crippen molar-refractivity contribution in [3.05, 3.63) is 22.4 Å². The Bertz CT molecular complexity index is 486. The van der Waals surface area contributed by atoms with E-state index in [2.05, 4.69) is 40.1 Å². The first-order valence-electron chi connectivity index (χ1n) is 8.01. The molecule has 6 heteroatoms. The molecule has 1 saturated heterocycles. The molecule has 1 aliphatic rings. The monoisotopic (exact) mass is 322 g/mol. The second-order valence-electron chi connectivity index (χ2n) is 5.47. The van der Waals surface area contributed by atoms with Crippen molar-refractivity contribution in [2.75, 3.05) is 20.1 Å². The zero-order chi connectivity index (χ0) is 15.8. The average molecular weight is 322 g/mol. The number of guanidine groups is 1. The number of hydrogen-bond acceptors (Lipinski definition) is 3. The Morgan fingerprint density at radius 1 is 1.50 bits per heavy atom. The molecule has 0 saturated carbocycles. The minimum absolute atomic E-state index is 0.312. The highest BCUT2D eigenvalue weighted by Gasteiger charge is 2.26. The standard InChI is InChI=1S/C16H26N4OS/c1-3-13(20-10-4-7-15(20)21)8-9-18-16(17-2)19-12-14-6-5-11-22-14/h5-6,11,13H,3-4,7-10,12H2,1-2H3,(H2,17,18,19). The van der Waals surface area contributed by atoms with Crippen molar-refractivity contribution < 1.29 is 4.79 Å². The molecular weight excluding hydrogens is 296 g/mol. The lowest BCUT2D eigenvalue weighted by Gasteiger charge is -2.27. The fraction of sp³-hybridized carbons (Fsp3) is 0.625. The summed E-state index contributed by atoms with van der Waals surface area (Å²) in [5.41, 5.74) is 0. The van der Waals surface area contributed by atoms with Crippen molar-refractivity contribution in [2.24, 2.45) is 4.99 Å². The fourth-order valence-corrected chi connectivity index (χ4v) is 3.44. The molecule has 2 rings (SSSR count). The van der Waals surface area contributed by atoms with Crippen molar-refractivity contribution >= 4 is 23.2 Å². The zero-order valence-electron chi connectivity index (χ0n) is 13.5. The van der Waals surface area contributed by atoms with Crippen molar-refractivity contribution in [2.45, 2.75) is 45.2 Å². The molecule has 1 amide bonds. The van der Waals surface area contributed by atoms with E-state index in [1.54, 1.807) is 18.4 Å². The van der Waals surface area contributed by atoms with Crippen molar-refractivity contribution in [1.82, 2.24) is 15.5 Å². The minimum Gasteiger partial charge on any atom is -0.356 e. The van der Waals surface area contributed by atoms with E-state index < -0.39 is 0 Å². The maximum atomic E-state index is 11.8. The summed E-state index contributed by atoms with van der Waals surface area (Å²) in [6, 6.07) is 4.51. The van der Waals surface area contributed by atoms with Crippen LogP contribution in [0, 0.1) is 0 Å². The minimum atomic E-state index is 0.312. The highest BCUT2D eigenvalue weighted by atomic mass is 32.1. The van der Waals surface area contributed by atoms with Crippen LogP contribution < -0.4 is 10.6 Å². The summed E-state index contributed by atoms with van der Waals surface area (Å²) in [5, 5.41) is 8.73. The number of rotatable bonds is 7. The normalized spacial score (nSPS) is 16.9. The van der Waals surface area contributed by atoms with E-state index in [9.17, 15) is 4.79 Å². The molecule has 1 aliphatic heterocycles. The number of hydrogen-bond donors (Lipinski definition) is 2. The number of thiophene rings is 1. The Kier molecular flexibility index (Phi) is 6.71. The van der Waals surface area contributed by atoms with Crippen LogP contribution in [-0.4, -0.2) is 42.9 Å². The molecule has 2 heterocycles. The number of nitrogens with one attached hydrogen (secondary N) is 2. The molecule has 5 nitrogen and oxygen atoms in total. The first-order chi connectivity index (χ1) is 10.7. The number of nitrogens with zero attached hydrogens (tertiary/aromatic N) is 2. The predicted molar refractivity (Wildman–Crippen MR) is 92.2 cm³/mol. The van der Waals surface area contributed by atoms with Gasteiger partial charge in [0, 0.05) is 37.5 Å². The third kappa shape index (κ3) is 4.73. The summed E-state index contributed by atoms with van der Waals surface area (Å²) in [7, 11) is 1.78. The summed E-state index contributed by atoms with van der Waals surface area (Å²) in [6.45, 7) is 4.69. The summed E-state index contributed by atoms with van der Waals surface area (Å²) >= 11 is 1.74. The highest BCUT2D eigenvalue weighted by molar-refractivity contribution is 7.09. The van der Waals surface area contributed by atoms with Gasteiger partial charge in [0.1, 0.15) is 0 Å². The van der Waals surface area contributed by atoms with E-state index in [-0.39, 0.29) is 0 Å². The van der Waals surface area contributed by atoms with Crippen LogP contribution in [0.15, 0.2) is 22.5 Å². The van der Waals surface area contributed by atoms with Gasteiger partial charge in [-0.25, -0.2) is 0 Å². The first kappa shape index (κ1) is 16.8. The highest BCUT2D eigenvalue weighted by Crippen LogP contribution is 2.17. The van der Waals surface area contributed by atoms with Crippen LogP contribution >= 0.6 is 11.3 Å². The van der Waals surface area contributed by atoms with E-state index in [1.807, 2.05) is 4.90 Å². The van der Waals surface area contributed by atoms with E-state index in [1.165, 1.54) is 4.88 Å². The Morgan fingerprint density at radius 3 is 2.95 bits per heavy atom. The molecule has 1 unspecified atom stereocenters. The molecule has 1 fully saturated rings. The molecule has 1 aromatic heterocycles. The zero-order valence-corrected chi connectivity index (χ0v) is 14.3. The van der Waals surface area contributed by atoms with Crippen LogP contribution in [0.25, 0.3) is 0 Å². The maximum Gasteiger partial charge on any atom is 0.222 e. The van der Waals surface area contributed by atoms with Gasteiger partial charge in [-0.3, -0.25) is 9.79 Å². The quantitative estimate of drug-likeness (QED) is 0.598. The van der Waals surface area contributed by atoms with Gasteiger partial charge in [0.2, 0.25) is 5.91 Å². The number of likely N-dealkylation sites (tertiary alicyclic amines) is 1. The molecule has 0 radical (unpaired) electrons. The fourth-order valence-electron chi connectivity index (χ4n) is 2.80. The summed E-state index contributed by atoms with van der Waals surface area (Å²) < 4.78 is 0. The van der Waals surface area contributed by atoms with Crippen LogP contribution in [-0.2, 0) is 11.3 Å². The average Bonchev–Trinajstić information content (AvgIpc) is 3.18. The van der Waals surface area contributed by atoms with Gasteiger partial charge in [-0.1, -0.05) is 13.0 Å². The third-order valence-electron chi connectivity index (χ3n) is 4.03. The number of carbonyl (C=O) groups is 1. The van der Waals surface area contributed by atoms with E-state index >= 15 is 0 Å². The van der Waals surface area contributed by atoms with E-state index in [0.717, 1.165) is 44.9 Å². The van der Waals surface area contributed by atoms with Gasteiger partial charge in [-0.05, 0) is 30.7 Å². The van der Waals surface area contributed by atoms with Gasteiger partial charge in [0.25, 0.3) is 0 Å². The van der Waals surface area contributed by atoms with Gasteiger partial charge in [-0.2, -0.15) is 0 Å². The summed E-state index contributed by atoms with van der Waals surface area (Å²) in [5.74, 6) is 1.13. The molecular formula is C16H26N4OS. The van der Waals surface area contributed by atoms with Crippen molar-refractivity contribution in [3.63, 3.8) is 0 Å². The summed E-state index contributed by atoms with van der Waals surface area (Å²) in [4.78, 5) is 19.4. The Morgan fingerprint density at radius 2 is 2.36 bits per heavy atom. The molecule has 122 valence electrons. The molecule has 0 aromatic carbocycles. The van der Waals surface area contributed by atoms with Crippen molar-refractivity contribution in [3.8, 4) is 0 Å². The number of carbonyl (C=O) groups excluding carboxylic acids is 1. The van der Waals surface area contributed by atoms with Crippen LogP contribution in [0.4, 0.5) is 0 Å². The Balaban J connectivity index is 1.72. The van der Waals surface area contributed by atoms with Gasteiger partial charge in [0.05, 0.1) is 6.54 Å². The van der Waals surface area contributed by atoms with E-state index in [4.69, 9.17) is 0 Å². The third-order valence-corrected chi connectivity index (χ3v) is 4.90. The second-order valence-corrected chi connectivity index (χ2v) is 6.51. The molecule has 0 bridgehead atoms. The van der Waals surface area contributed by atoms with Gasteiger partial charge in [-0.15, -0.1) is 11.3 Å². The van der Waals surface area contributed by atoms with Crippen molar-refractivity contribution in [1.29, 1.82) is 0 Å². The second kappa shape index (κ2) is 8.78. The molecule has 0 spiro atoms. The first-order valence-corrected chi connectivity index (χ1v) is 8.89. The lowest BCUT2D eigenvalue weighted by molar-refractivity contribution is -0.129. The van der Waals surface area contributed by atoms with Crippen LogP contribution in [0.1, 0.15) is 37.5 Å². The van der Waals surface area contributed by atoms with Crippen LogP contribution in [0.5, 0.6) is 0 Å². The molecule has 22 heavy (non-hydrogen) atoms. The number of aliphatic imine (C=N–C) groups is 1. The van der Waals surface area contributed by atoms with E-state index in [0.29, 0.717) is 18.4 Å². The molecule has 0 aliphatic carbocycles. The van der Waals surface area contributed by atoms with Gasteiger partial charge in [0.15, 0.2) is 5.96 Å². The lowest BCUT2D eigenvalue weighted by Crippen LogP contribution is -2.41. The molecule has 2 N–H and O–H groups in total. The number of amides is 1. The Labute approximate surface area is 136 Å². The summed E-state index contributed by atoms with van der Waals surface area (Å²) in [6.07, 6.45) is 3.69. The predicted octanol–water partition coefficient (Wildman–Crippen LogP) is 2.20. The van der Waals surface area contributed by atoms with Crippen LogP contribution in [0.2, 0.25) is 0 Å². The Hall–Kier alpha value is -1.56. The smallest absolute Gasteiger partial charge is 0.222 e. The van der Waals surface area contributed by atoms with Gasteiger partial charge >= 0.3 is 0 Å². The molecule has 1 atom stereocenters. The topological polar surface area (TPSA) is 56.7 Å².